The Balaban J connectivity index is 1.84. The number of sulfonamides is 1. The smallest absolute Gasteiger partial charge is 0.264 e. The summed E-state index contributed by atoms with van der Waals surface area (Å²) in [6, 6.07) is 26.2. The van der Waals surface area contributed by atoms with Crippen LogP contribution in [0.15, 0.2) is 102 Å². The van der Waals surface area contributed by atoms with Crippen LogP contribution in [-0.4, -0.2) is 44.3 Å². The number of aryl methyl sites for hydroxylation is 1. The van der Waals surface area contributed by atoms with Crippen molar-refractivity contribution in [2.75, 3.05) is 17.4 Å². The maximum atomic E-state index is 14.6. The maximum absolute atomic E-state index is 14.6. The molecule has 0 spiro atoms. The Bertz CT molecular complexity index is 1770. The van der Waals surface area contributed by atoms with E-state index in [1.165, 1.54) is 29.2 Å². The van der Waals surface area contributed by atoms with Crippen molar-refractivity contribution in [1.82, 2.24) is 10.2 Å². The minimum absolute atomic E-state index is 0.0270. The van der Waals surface area contributed by atoms with Crippen LogP contribution < -0.4 is 9.62 Å². The molecule has 0 saturated heterocycles. The van der Waals surface area contributed by atoms with Crippen molar-refractivity contribution in [3.8, 4) is 0 Å². The number of anilines is 1. The van der Waals surface area contributed by atoms with E-state index in [9.17, 15) is 18.0 Å². The lowest BCUT2D eigenvalue weighted by atomic mass is 10.0. The lowest BCUT2D eigenvalue weighted by Gasteiger charge is -2.34. The van der Waals surface area contributed by atoms with Crippen LogP contribution in [0.5, 0.6) is 0 Å². The number of rotatable bonds is 13. The number of nitrogens with zero attached hydrogens (tertiary/aromatic N) is 2. The van der Waals surface area contributed by atoms with E-state index in [0.717, 1.165) is 15.4 Å². The van der Waals surface area contributed by atoms with Gasteiger partial charge in [-0.25, -0.2) is 8.42 Å². The van der Waals surface area contributed by atoms with Gasteiger partial charge in [0.25, 0.3) is 10.0 Å². The lowest BCUT2D eigenvalue weighted by molar-refractivity contribution is -0.140. The van der Waals surface area contributed by atoms with Gasteiger partial charge in [-0.1, -0.05) is 121 Å². The molecule has 7 nitrogen and oxygen atoms in total. The average molecular weight is 701 g/mol. The third kappa shape index (κ3) is 8.82. The van der Waals surface area contributed by atoms with E-state index in [0.29, 0.717) is 17.1 Å². The van der Waals surface area contributed by atoms with E-state index in [-0.39, 0.29) is 45.4 Å². The highest BCUT2D eigenvalue weighted by Gasteiger charge is 2.35. The largest absolute Gasteiger partial charge is 0.354 e. The molecule has 0 fully saturated rings. The standard InChI is InChI=1S/C35H36Cl3N3O4S/c1-24(2)21-39-35(43)32(20-26-10-5-4-6-11-26)40(22-27-12-7-8-13-29(27)36)33(42)23-41(31-15-9-14-30(37)34(31)38)46(44,45)28-18-16-25(3)17-19-28/h4-19,24,32H,20-23H2,1-3H3,(H,39,43)/t32-/m1/s1. The van der Waals surface area contributed by atoms with E-state index in [4.69, 9.17) is 34.8 Å². The molecule has 0 aliphatic carbocycles. The zero-order valence-corrected chi connectivity index (χ0v) is 28.9. The van der Waals surface area contributed by atoms with E-state index in [2.05, 4.69) is 5.32 Å². The molecule has 4 aromatic carbocycles. The van der Waals surface area contributed by atoms with Crippen molar-refractivity contribution >= 4 is 62.3 Å². The molecule has 0 unspecified atom stereocenters. The van der Waals surface area contributed by atoms with Gasteiger partial charge >= 0.3 is 0 Å². The fourth-order valence-electron chi connectivity index (χ4n) is 4.82. The first-order chi connectivity index (χ1) is 21.9. The first-order valence-electron chi connectivity index (χ1n) is 14.8. The molecular formula is C35H36Cl3N3O4S. The zero-order chi connectivity index (χ0) is 33.4. The average Bonchev–Trinajstić information content (AvgIpc) is 3.03. The third-order valence-electron chi connectivity index (χ3n) is 7.34. The molecule has 46 heavy (non-hydrogen) atoms. The third-order valence-corrected chi connectivity index (χ3v) is 10.3. The lowest BCUT2D eigenvalue weighted by Crippen LogP contribution is -2.53. The predicted octanol–water partition coefficient (Wildman–Crippen LogP) is 7.56. The van der Waals surface area contributed by atoms with E-state index in [1.807, 2.05) is 51.1 Å². The Hall–Kier alpha value is -3.56. The van der Waals surface area contributed by atoms with E-state index < -0.39 is 28.5 Å². The molecule has 0 bridgehead atoms. The highest BCUT2D eigenvalue weighted by molar-refractivity contribution is 7.92. The molecule has 0 aromatic heterocycles. The summed E-state index contributed by atoms with van der Waals surface area (Å²) in [7, 11) is -4.33. The summed E-state index contributed by atoms with van der Waals surface area (Å²) < 4.78 is 29.4. The summed E-state index contributed by atoms with van der Waals surface area (Å²) in [5.41, 5.74) is 2.32. The second kappa shape index (κ2) is 15.8. The molecule has 11 heteroatoms. The minimum Gasteiger partial charge on any atom is -0.354 e. The molecule has 0 aliphatic heterocycles. The maximum Gasteiger partial charge on any atom is 0.264 e. The molecule has 242 valence electrons. The van der Waals surface area contributed by atoms with Crippen molar-refractivity contribution < 1.29 is 18.0 Å². The van der Waals surface area contributed by atoms with Crippen molar-refractivity contribution in [1.29, 1.82) is 0 Å². The van der Waals surface area contributed by atoms with Gasteiger partial charge in [-0.2, -0.15) is 0 Å². The minimum atomic E-state index is -4.33. The molecule has 4 aromatic rings. The van der Waals surface area contributed by atoms with Gasteiger partial charge in [-0.15, -0.1) is 0 Å². The van der Waals surface area contributed by atoms with Crippen LogP contribution in [0.1, 0.15) is 30.5 Å². The predicted molar refractivity (Wildman–Crippen MR) is 186 cm³/mol. The Kier molecular flexibility index (Phi) is 12.1. The van der Waals surface area contributed by atoms with Gasteiger partial charge in [0, 0.05) is 24.5 Å². The van der Waals surface area contributed by atoms with E-state index in [1.54, 1.807) is 42.5 Å². The normalized spacial score (nSPS) is 12.1. The molecule has 1 atom stereocenters. The van der Waals surface area contributed by atoms with Gasteiger partial charge < -0.3 is 10.2 Å². The van der Waals surface area contributed by atoms with Gasteiger partial charge in [-0.05, 0) is 54.3 Å². The SMILES string of the molecule is Cc1ccc(S(=O)(=O)N(CC(=O)N(Cc2ccccc2Cl)[C@H](Cc2ccccc2)C(=O)NCC(C)C)c2cccc(Cl)c2Cl)cc1. The fourth-order valence-corrected chi connectivity index (χ4v) is 6.89. The summed E-state index contributed by atoms with van der Waals surface area (Å²) in [5.74, 6) is -0.840. The fraction of sp³-hybridized carbons (Fsp3) is 0.257. The van der Waals surface area contributed by atoms with Crippen molar-refractivity contribution in [2.24, 2.45) is 5.92 Å². The van der Waals surface area contributed by atoms with Gasteiger partial charge in [0.1, 0.15) is 12.6 Å². The van der Waals surface area contributed by atoms with Gasteiger partial charge in [-0.3, -0.25) is 13.9 Å². The van der Waals surface area contributed by atoms with Crippen molar-refractivity contribution in [3.63, 3.8) is 0 Å². The number of hydrogen-bond donors (Lipinski definition) is 1. The molecule has 2 amide bonds. The molecule has 1 N–H and O–H groups in total. The Morgan fingerprint density at radius 3 is 2.09 bits per heavy atom. The molecule has 0 radical (unpaired) electrons. The van der Waals surface area contributed by atoms with Crippen LogP contribution in [0.3, 0.4) is 0 Å². The van der Waals surface area contributed by atoms with Gasteiger partial charge in [0.2, 0.25) is 11.8 Å². The van der Waals surface area contributed by atoms with Gasteiger partial charge in [0.05, 0.1) is 20.6 Å². The van der Waals surface area contributed by atoms with Crippen LogP contribution in [0.4, 0.5) is 5.69 Å². The summed E-state index contributed by atoms with van der Waals surface area (Å²) >= 11 is 19.4. The summed E-state index contributed by atoms with van der Waals surface area (Å²) in [6.45, 7) is 5.47. The van der Waals surface area contributed by atoms with Crippen LogP contribution >= 0.6 is 34.8 Å². The number of benzene rings is 4. The topological polar surface area (TPSA) is 86.8 Å². The quantitative estimate of drug-likeness (QED) is 0.156. The summed E-state index contributed by atoms with van der Waals surface area (Å²) in [6.07, 6.45) is 0.184. The molecular weight excluding hydrogens is 665 g/mol. The molecule has 4 rings (SSSR count). The Labute approximate surface area is 286 Å². The number of hydrogen-bond acceptors (Lipinski definition) is 4. The van der Waals surface area contributed by atoms with Crippen LogP contribution in [-0.2, 0) is 32.6 Å². The second-order valence-electron chi connectivity index (χ2n) is 11.4. The molecule has 0 saturated carbocycles. The van der Waals surface area contributed by atoms with Crippen molar-refractivity contribution in [3.05, 3.63) is 129 Å². The Morgan fingerprint density at radius 1 is 0.804 bits per heavy atom. The van der Waals surface area contributed by atoms with Gasteiger partial charge in [0.15, 0.2) is 0 Å². The molecule has 0 heterocycles. The number of halogens is 3. The Morgan fingerprint density at radius 2 is 1.43 bits per heavy atom. The summed E-state index contributed by atoms with van der Waals surface area (Å²) in [4.78, 5) is 29.8. The monoisotopic (exact) mass is 699 g/mol. The zero-order valence-electron chi connectivity index (χ0n) is 25.8. The highest BCUT2D eigenvalue weighted by atomic mass is 35.5. The first kappa shape index (κ1) is 35.3. The second-order valence-corrected chi connectivity index (χ2v) is 14.4. The van der Waals surface area contributed by atoms with E-state index >= 15 is 0 Å². The number of carbonyl (C=O) groups excluding carboxylic acids is 2. The van der Waals surface area contributed by atoms with Crippen LogP contribution in [0, 0.1) is 12.8 Å². The number of carbonyl (C=O) groups is 2. The first-order valence-corrected chi connectivity index (χ1v) is 17.3. The van der Waals surface area contributed by atoms with Crippen LogP contribution in [0.25, 0.3) is 0 Å². The van der Waals surface area contributed by atoms with Crippen molar-refractivity contribution in [2.45, 2.75) is 44.7 Å². The number of nitrogens with one attached hydrogen (secondary N) is 1. The van der Waals surface area contributed by atoms with Crippen LogP contribution in [0.2, 0.25) is 15.1 Å². The summed E-state index contributed by atoms with van der Waals surface area (Å²) in [5, 5.41) is 3.47. The number of amides is 2. The molecule has 0 aliphatic rings. The highest BCUT2D eigenvalue weighted by Crippen LogP contribution is 2.36.